The molecule has 1 aromatic heterocycles. The van der Waals surface area contributed by atoms with Gasteiger partial charge in [-0.15, -0.1) is 0 Å². The number of benzene rings is 1. The molecule has 0 N–H and O–H groups in total. The van der Waals surface area contributed by atoms with Gasteiger partial charge in [0.1, 0.15) is 17.6 Å². The fraction of sp³-hybridized carbons (Fsp3) is 0.375. The lowest BCUT2D eigenvalue weighted by molar-refractivity contribution is -0.136. The first-order valence-corrected chi connectivity index (χ1v) is 10.8. The van der Waals surface area contributed by atoms with E-state index in [2.05, 4.69) is 9.89 Å². The summed E-state index contributed by atoms with van der Waals surface area (Å²) in [5, 5.41) is 0. The van der Waals surface area contributed by atoms with Crippen LogP contribution in [-0.2, 0) is 19.0 Å². The van der Waals surface area contributed by atoms with Crippen LogP contribution in [0.15, 0.2) is 51.5 Å². The molecule has 0 radical (unpaired) electrons. The number of aryl methyl sites for hydroxylation is 1. The normalized spacial score (nSPS) is 21.3. The van der Waals surface area contributed by atoms with Crippen LogP contribution in [0.3, 0.4) is 0 Å². The second kappa shape index (κ2) is 8.40. The predicted molar refractivity (Wildman–Crippen MR) is 120 cm³/mol. The van der Waals surface area contributed by atoms with Crippen LogP contribution in [-0.4, -0.2) is 51.4 Å². The minimum Gasteiger partial charge on any atom is -0.466 e. The molecule has 0 bridgehead atoms. The van der Waals surface area contributed by atoms with Crippen molar-refractivity contribution in [1.29, 1.82) is 0 Å². The van der Waals surface area contributed by atoms with Crippen LogP contribution in [0.4, 0.5) is 11.4 Å². The average Bonchev–Trinajstić information content (AvgIpc) is 3.57. The van der Waals surface area contributed by atoms with Crippen LogP contribution in [0.25, 0.3) is 0 Å². The third-order valence-corrected chi connectivity index (χ3v) is 6.14. The van der Waals surface area contributed by atoms with Gasteiger partial charge >= 0.3 is 11.9 Å². The number of anilines is 2. The lowest BCUT2D eigenvalue weighted by Crippen LogP contribution is -2.46. The summed E-state index contributed by atoms with van der Waals surface area (Å²) in [6.07, 6.45) is 3.58. The van der Waals surface area contributed by atoms with E-state index in [9.17, 15) is 9.59 Å². The van der Waals surface area contributed by atoms with E-state index in [1.807, 2.05) is 30.0 Å². The van der Waals surface area contributed by atoms with Gasteiger partial charge in [0.25, 0.3) is 0 Å². The lowest BCUT2D eigenvalue weighted by Gasteiger charge is -2.33. The van der Waals surface area contributed by atoms with Crippen LogP contribution < -0.4 is 9.80 Å². The fourth-order valence-electron chi connectivity index (χ4n) is 4.59. The highest BCUT2D eigenvalue weighted by molar-refractivity contribution is 6.19. The number of methoxy groups -OCH3 is 2. The van der Waals surface area contributed by atoms with Crippen LogP contribution >= 0.6 is 0 Å². The summed E-state index contributed by atoms with van der Waals surface area (Å²) in [7, 11) is 2.68. The van der Waals surface area contributed by atoms with Gasteiger partial charge in [-0.1, -0.05) is 0 Å². The van der Waals surface area contributed by atoms with Gasteiger partial charge in [0.15, 0.2) is 0 Å². The topological polar surface area (TPSA) is 93.8 Å². The number of rotatable bonds is 5. The summed E-state index contributed by atoms with van der Waals surface area (Å²) >= 11 is 0. The molecule has 1 aromatic carbocycles. The highest BCUT2D eigenvalue weighted by Gasteiger charge is 2.45. The van der Waals surface area contributed by atoms with Gasteiger partial charge < -0.3 is 23.5 Å². The molecule has 0 spiro atoms. The summed E-state index contributed by atoms with van der Waals surface area (Å²) < 4.78 is 21.8. The van der Waals surface area contributed by atoms with Crippen molar-refractivity contribution < 1.29 is 28.2 Å². The zero-order valence-electron chi connectivity index (χ0n) is 18.7. The van der Waals surface area contributed by atoms with E-state index in [4.69, 9.17) is 18.6 Å². The molecular formula is C24H25N3O6. The van der Waals surface area contributed by atoms with Gasteiger partial charge in [-0.05, 0) is 50.1 Å². The second-order valence-electron chi connectivity index (χ2n) is 8.17. The minimum absolute atomic E-state index is 0.0658. The maximum atomic E-state index is 12.7. The van der Waals surface area contributed by atoms with Gasteiger partial charge in [0.2, 0.25) is 5.96 Å². The number of nitrogens with zero attached hydrogens (tertiary/aromatic N) is 3. The number of carbonyl (C=O) groups excluding carboxylic acids is 2. The fourth-order valence-corrected chi connectivity index (χ4v) is 4.59. The lowest BCUT2D eigenvalue weighted by atomic mass is 10.0. The highest BCUT2D eigenvalue weighted by atomic mass is 16.5. The van der Waals surface area contributed by atoms with Gasteiger partial charge in [0, 0.05) is 12.8 Å². The van der Waals surface area contributed by atoms with Crippen molar-refractivity contribution in [2.75, 3.05) is 37.2 Å². The Morgan fingerprint density at radius 2 is 1.94 bits per heavy atom. The zero-order valence-corrected chi connectivity index (χ0v) is 18.7. The first-order chi connectivity index (χ1) is 16.0. The average molecular weight is 451 g/mol. The largest absolute Gasteiger partial charge is 0.466 e. The highest BCUT2D eigenvalue weighted by Crippen LogP contribution is 2.47. The SMILES string of the molecule is COC(=O)C1=CN=C2N(CC3CCCO3)c3ccc(C(=O)OC)cc3N2C1c1ccc(C)o1. The minimum atomic E-state index is -0.611. The van der Waals surface area contributed by atoms with Gasteiger partial charge in [-0.2, -0.15) is 0 Å². The van der Waals surface area contributed by atoms with Crippen molar-refractivity contribution in [3.8, 4) is 0 Å². The van der Waals surface area contributed by atoms with Gasteiger partial charge in [0.05, 0.1) is 49.4 Å². The van der Waals surface area contributed by atoms with Crippen LogP contribution in [0.1, 0.15) is 40.8 Å². The number of esters is 2. The molecule has 1 fully saturated rings. The number of hydrogen-bond donors (Lipinski definition) is 0. The number of ether oxygens (including phenoxy) is 3. The predicted octanol–water partition coefficient (Wildman–Crippen LogP) is 3.35. The van der Waals surface area contributed by atoms with Crippen LogP contribution in [0.5, 0.6) is 0 Å². The Kier molecular flexibility index (Phi) is 5.41. The van der Waals surface area contributed by atoms with Gasteiger partial charge in [-0.25, -0.2) is 14.6 Å². The summed E-state index contributed by atoms with van der Waals surface area (Å²) in [6, 6.07) is 8.44. The molecule has 3 aliphatic heterocycles. The number of aliphatic imine (C=N–C) groups is 1. The van der Waals surface area contributed by atoms with E-state index in [-0.39, 0.29) is 6.10 Å². The van der Waals surface area contributed by atoms with Crippen molar-refractivity contribution >= 4 is 29.3 Å². The zero-order chi connectivity index (χ0) is 23.1. The van der Waals surface area contributed by atoms with E-state index in [1.165, 1.54) is 20.4 Å². The molecule has 2 atom stereocenters. The molecule has 0 saturated carbocycles. The third kappa shape index (κ3) is 3.58. The van der Waals surface area contributed by atoms with Gasteiger partial charge in [-0.3, -0.25) is 4.90 Å². The molecule has 3 aliphatic rings. The molecule has 9 nitrogen and oxygen atoms in total. The molecule has 2 aromatic rings. The molecule has 2 unspecified atom stereocenters. The number of furan rings is 1. The summed E-state index contributed by atoms with van der Waals surface area (Å²) in [6.45, 7) is 3.19. The van der Waals surface area contributed by atoms with Crippen molar-refractivity contribution in [2.45, 2.75) is 31.9 Å². The van der Waals surface area contributed by atoms with Crippen molar-refractivity contribution in [2.24, 2.45) is 4.99 Å². The van der Waals surface area contributed by atoms with E-state index in [0.29, 0.717) is 29.4 Å². The first-order valence-electron chi connectivity index (χ1n) is 10.8. The van der Waals surface area contributed by atoms with Crippen molar-refractivity contribution in [1.82, 2.24) is 0 Å². The Bertz CT molecular complexity index is 1160. The molecule has 4 heterocycles. The molecule has 0 aliphatic carbocycles. The maximum absolute atomic E-state index is 12.7. The van der Waals surface area contributed by atoms with E-state index >= 15 is 0 Å². The summed E-state index contributed by atoms with van der Waals surface area (Å²) in [5.41, 5.74) is 2.33. The molecule has 1 saturated heterocycles. The maximum Gasteiger partial charge on any atom is 0.337 e. The molecule has 33 heavy (non-hydrogen) atoms. The standard InChI is InChI=1S/C24H25N3O6/c1-14-6-9-20(33-14)21-17(23(29)31-3)12-25-24-26(13-16-5-4-10-32-16)18-8-7-15(22(28)30-2)11-19(18)27(21)24/h6-9,11-12,16,21H,4-5,10,13H2,1-3H3. The molecule has 0 amide bonds. The monoisotopic (exact) mass is 451 g/mol. The molecule has 5 rings (SSSR count). The molecular weight excluding hydrogens is 426 g/mol. The van der Waals surface area contributed by atoms with E-state index in [0.717, 1.165) is 36.6 Å². The van der Waals surface area contributed by atoms with E-state index < -0.39 is 18.0 Å². The Hall–Kier alpha value is -3.59. The third-order valence-electron chi connectivity index (χ3n) is 6.14. The molecule has 172 valence electrons. The number of fused-ring (bicyclic) bond motifs is 3. The Balaban J connectivity index is 1.66. The Morgan fingerprint density at radius 3 is 2.61 bits per heavy atom. The smallest absolute Gasteiger partial charge is 0.337 e. The first kappa shape index (κ1) is 21.3. The van der Waals surface area contributed by atoms with Crippen molar-refractivity contribution in [3.63, 3.8) is 0 Å². The summed E-state index contributed by atoms with van der Waals surface area (Å²) in [4.78, 5) is 33.6. The Morgan fingerprint density at radius 1 is 1.12 bits per heavy atom. The number of carbonyl (C=O) groups is 2. The Labute approximate surface area is 191 Å². The van der Waals surface area contributed by atoms with E-state index in [1.54, 1.807) is 12.1 Å². The molecule has 9 heteroatoms. The summed E-state index contributed by atoms with van der Waals surface area (Å²) in [5.74, 6) is 0.983. The second-order valence-corrected chi connectivity index (χ2v) is 8.17. The number of guanidine groups is 1. The quantitative estimate of drug-likeness (QED) is 0.639. The number of hydrogen-bond acceptors (Lipinski definition) is 9. The van der Waals surface area contributed by atoms with Crippen LogP contribution in [0, 0.1) is 6.92 Å². The van der Waals surface area contributed by atoms with Crippen LogP contribution in [0.2, 0.25) is 0 Å². The van der Waals surface area contributed by atoms with Crippen molar-refractivity contribution in [3.05, 3.63) is 59.2 Å².